The first kappa shape index (κ1) is 15.8. The minimum atomic E-state index is -1.16. The van der Waals surface area contributed by atoms with E-state index in [0.29, 0.717) is 19.8 Å². The van der Waals surface area contributed by atoms with Gasteiger partial charge in [-0.15, -0.1) is 0 Å². The molecule has 0 aromatic carbocycles. The summed E-state index contributed by atoms with van der Waals surface area (Å²) in [6.45, 7) is 9.08. The summed E-state index contributed by atoms with van der Waals surface area (Å²) in [6.07, 6.45) is 0. The molecule has 16 heavy (non-hydrogen) atoms. The summed E-state index contributed by atoms with van der Waals surface area (Å²) in [5.74, 6) is -1.16. The van der Waals surface area contributed by atoms with Crippen LogP contribution < -0.4 is 5.32 Å². The number of nitrogens with one attached hydrogen (secondary N) is 1. The molecular formula is C11H25NO4. The van der Waals surface area contributed by atoms with Crippen LogP contribution in [0.1, 0.15) is 27.7 Å². The highest BCUT2D eigenvalue weighted by molar-refractivity contribution is 4.78. The Morgan fingerprint density at radius 2 is 1.81 bits per heavy atom. The van der Waals surface area contributed by atoms with Crippen LogP contribution in [0.5, 0.6) is 0 Å². The van der Waals surface area contributed by atoms with Crippen molar-refractivity contribution in [2.24, 2.45) is 0 Å². The lowest BCUT2D eigenvalue weighted by Crippen LogP contribution is -2.59. The molecule has 1 unspecified atom stereocenters. The van der Waals surface area contributed by atoms with Gasteiger partial charge in [-0.25, -0.2) is 0 Å². The van der Waals surface area contributed by atoms with Gasteiger partial charge in [-0.1, -0.05) is 0 Å². The molecule has 0 spiro atoms. The average Bonchev–Trinajstić information content (AvgIpc) is 2.21. The van der Waals surface area contributed by atoms with Crippen molar-refractivity contribution in [3.63, 3.8) is 0 Å². The fourth-order valence-corrected chi connectivity index (χ4v) is 1.28. The van der Waals surface area contributed by atoms with Crippen LogP contribution in [0, 0.1) is 0 Å². The summed E-state index contributed by atoms with van der Waals surface area (Å²) in [7, 11) is 1.50. The quantitative estimate of drug-likeness (QED) is 0.479. The number of rotatable bonds is 8. The molecule has 98 valence electrons. The third-order valence-electron chi connectivity index (χ3n) is 1.87. The predicted octanol–water partition coefficient (Wildman–Crippen LogP) is 0.720. The Morgan fingerprint density at radius 3 is 2.19 bits per heavy atom. The summed E-state index contributed by atoms with van der Waals surface area (Å²) in [6, 6.07) is 0. The van der Waals surface area contributed by atoms with Crippen LogP contribution in [-0.2, 0) is 14.2 Å². The zero-order valence-corrected chi connectivity index (χ0v) is 11.0. The highest BCUT2D eigenvalue weighted by Gasteiger charge is 2.34. The SMILES string of the molecule is CCOCCOC(CO)(NC(C)(C)C)OC. The summed E-state index contributed by atoms with van der Waals surface area (Å²) < 4.78 is 15.9. The van der Waals surface area contributed by atoms with Crippen LogP contribution in [0.15, 0.2) is 0 Å². The lowest BCUT2D eigenvalue weighted by molar-refractivity contribution is -0.272. The molecule has 0 aliphatic carbocycles. The van der Waals surface area contributed by atoms with Gasteiger partial charge in [0.2, 0.25) is 0 Å². The van der Waals surface area contributed by atoms with E-state index in [9.17, 15) is 5.11 Å². The second-order valence-electron chi connectivity index (χ2n) is 4.54. The molecule has 1 atom stereocenters. The minimum Gasteiger partial charge on any atom is -0.389 e. The van der Waals surface area contributed by atoms with Crippen LogP contribution in [-0.4, -0.2) is 50.1 Å². The number of aliphatic hydroxyl groups is 1. The summed E-state index contributed by atoms with van der Waals surface area (Å²) in [5, 5.41) is 12.4. The minimum absolute atomic E-state index is 0.218. The van der Waals surface area contributed by atoms with E-state index < -0.39 is 5.91 Å². The molecule has 0 rings (SSSR count). The van der Waals surface area contributed by atoms with Crippen molar-refractivity contribution < 1.29 is 19.3 Å². The molecule has 0 fully saturated rings. The number of methoxy groups -OCH3 is 1. The third-order valence-corrected chi connectivity index (χ3v) is 1.87. The maximum Gasteiger partial charge on any atom is 0.252 e. The van der Waals surface area contributed by atoms with Gasteiger partial charge < -0.3 is 19.3 Å². The molecular weight excluding hydrogens is 210 g/mol. The normalized spacial score (nSPS) is 16.1. The number of hydrogen-bond donors (Lipinski definition) is 2. The Hall–Kier alpha value is -0.200. The molecule has 0 aromatic heterocycles. The van der Waals surface area contributed by atoms with E-state index in [4.69, 9.17) is 14.2 Å². The molecule has 0 saturated heterocycles. The molecule has 0 amide bonds. The molecule has 0 saturated carbocycles. The van der Waals surface area contributed by atoms with Crippen LogP contribution in [0.4, 0.5) is 0 Å². The van der Waals surface area contributed by atoms with Crippen molar-refractivity contribution in [1.29, 1.82) is 0 Å². The number of hydrogen-bond acceptors (Lipinski definition) is 5. The van der Waals surface area contributed by atoms with Crippen molar-refractivity contribution in [1.82, 2.24) is 5.32 Å². The van der Waals surface area contributed by atoms with Gasteiger partial charge >= 0.3 is 0 Å². The maximum atomic E-state index is 9.34. The van der Waals surface area contributed by atoms with Gasteiger partial charge in [-0.05, 0) is 27.7 Å². The summed E-state index contributed by atoms with van der Waals surface area (Å²) in [4.78, 5) is 0. The highest BCUT2D eigenvalue weighted by atomic mass is 16.7. The van der Waals surface area contributed by atoms with E-state index >= 15 is 0 Å². The Labute approximate surface area is 98.1 Å². The standard InChI is InChI=1S/C11H25NO4/c1-6-15-7-8-16-11(9-13,14-5)12-10(2,3)4/h12-13H,6-9H2,1-5H3. The molecule has 5 heteroatoms. The lowest BCUT2D eigenvalue weighted by atomic mass is 10.1. The number of aliphatic hydroxyl groups excluding tert-OH is 1. The summed E-state index contributed by atoms with van der Waals surface area (Å²) in [5.41, 5.74) is -0.218. The van der Waals surface area contributed by atoms with Crippen molar-refractivity contribution >= 4 is 0 Å². The molecule has 0 radical (unpaired) electrons. The van der Waals surface area contributed by atoms with Crippen LogP contribution in [0.2, 0.25) is 0 Å². The van der Waals surface area contributed by atoms with E-state index in [1.807, 2.05) is 27.7 Å². The van der Waals surface area contributed by atoms with Crippen LogP contribution >= 0.6 is 0 Å². The van der Waals surface area contributed by atoms with E-state index in [0.717, 1.165) is 0 Å². The molecule has 0 aliphatic rings. The summed E-state index contributed by atoms with van der Waals surface area (Å²) >= 11 is 0. The van der Waals surface area contributed by atoms with Crippen molar-refractivity contribution in [3.8, 4) is 0 Å². The Balaban J connectivity index is 4.21. The van der Waals surface area contributed by atoms with Crippen molar-refractivity contribution in [2.45, 2.75) is 39.1 Å². The average molecular weight is 235 g/mol. The Kier molecular flexibility index (Phi) is 7.10. The Bertz CT molecular complexity index is 175. The van der Waals surface area contributed by atoms with Crippen molar-refractivity contribution in [3.05, 3.63) is 0 Å². The predicted molar refractivity (Wildman–Crippen MR) is 62.2 cm³/mol. The second kappa shape index (κ2) is 7.19. The second-order valence-corrected chi connectivity index (χ2v) is 4.54. The first-order valence-electron chi connectivity index (χ1n) is 5.56. The zero-order valence-electron chi connectivity index (χ0n) is 11.0. The molecule has 5 nitrogen and oxygen atoms in total. The van der Waals surface area contributed by atoms with Gasteiger partial charge in [-0.3, -0.25) is 5.32 Å². The zero-order chi connectivity index (χ0) is 12.7. The van der Waals surface area contributed by atoms with Crippen LogP contribution in [0.25, 0.3) is 0 Å². The van der Waals surface area contributed by atoms with Crippen LogP contribution in [0.3, 0.4) is 0 Å². The monoisotopic (exact) mass is 235 g/mol. The first-order chi connectivity index (χ1) is 7.39. The number of ether oxygens (including phenoxy) is 3. The van der Waals surface area contributed by atoms with E-state index in [1.165, 1.54) is 7.11 Å². The van der Waals surface area contributed by atoms with Gasteiger partial charge in [0, 0.05) is 19.3 Å². The van der Waals surface area contributed by atoms with Gasteiger partial charge in [0.1, 0.15) is 6.61 Å². The molecule has 2 N–H and O–H groups in total. The van der Waals surface area contributed by atoms with Gasteiger partial charge in [0.25, 0.3) is 5.91 Å². The largest absolute Gasteiger partial charge is 0.389 e. The van der Waals surface area contributed by atoms with E-state index in [1.54, 1.807) is 0 Å². The molecule has 0 aromatic rings. The fraction of sp³-hybridized carbons (Fsp3) is 1.00. The first-order valence-corrected chi connectivity index (χ1v) is 5.56. The topological polar surface area (TPSA) is 60.0 Å². The Morgan fingerprint density at radius 1 is 1.19 bits per heavy atom. The maximum absolute atomic E-state index is 9.34. The fourth-order valence-electron chi connectivity index (χ4n) is 1.28. The molecule has 0 heterocycles. The van der Waals surface area contributed by atoms with Crippen molar-refractivity contribution in [2.75, 3.05) is 33.5 Å². The smallest absolute Gasteiger partial charge is 0.252 e. The molecule has 0 bridgehead atoms. The molecule has 0 aliphatic heterocycles. The van der Waals surface area contributed by atoms with Gasteiger partial charge in [0.15, 0.2) is 0 Å². The lowest BCUT2D eigenvalue weighted by Gasteiger charge is -2.37. The van der Waals surface area contributed by atoms with E-state index in [2.05, 4.69) is 5.32 Å². The highest BCUT2D eigenvalue weighted by Crippen LogP contribution is 2.13. The van der Waals surface area contributed by atoms with Gasteiger partial charge in [-0.2, -0.15) is 0 Å². The van der Waals surface area contributed by atoms with Gasteiger partial charge in [0.05, 0.1) is 13.2 Å². The van der Waals surface area contributed by atoms with E-state index in [-0.39, 0.29) is 12.1 Å². The third kappa shape index (κ3) is 6.40.